The first kappa shape index (κ1) is 21.5. The summed E-state index contributed by atoms with van der Waals surface area (Å²) in [6.45, 7) is -0.906. The number of rotatable bonds is 6. The second-order valence-corrected chi connectivity index (χ2v) is 9.07. The van der Waals surface area contributed by atoms with Crippen LogP contribution in [-0.4, -0.2) is 30.3 Å². The van der Waals surface area contributed by atoms with E-state index in [0.717, 1.165) is 37.9 Å². The van der Waals surface area contributed by atoms with Crippen molar-refractivity contribution in [2.24, 2.45) is 0 Å². The quantitative estimate of drug-likeness (QED) is 0.383. The molecule has 1 aromatic carbocycles. The molecule has 0 saturated heterocycles. The lowest BCUT2D eigenvalue weighted by Crippen LogP contribution is -2.48. The molecule has 3 aromatic heterocycles. The van der Waals surface area contributed by atoms with Gasteiger partial charge in [0.25, 0.3) is 0 Å². The van der Waals surface area contributed by atoms with Gasteiger partial charge in [-0.15, -0.1) is 16.4 Å². The van der Waals surface area contributed by atoms with Gasteiger partial charge in [0.05, 0.1) is 10.3 Å². The molecule has 0 spiro atoms. The summed E-state index contributed by atoms with van der Waals surface area (Å²) in [5.74, 6) is -6.40. The first-order valence-corrected chi connectivity index (χ1v) is 10.3. The predicted molar refractivity (Wildman–Crippen MR) is 107 cm³/mol. The molecule has 0 aliphatic carbocycles. The normalized spacial score (nSPS) is 13.9. The SMILES string of the molecule is OC(Cn1cnnn1)(c1ccc(F)cc1F)C(F)(F)c1ccc(-c2ccc(Br)s2)cn1. The van der Waals surface area contributed by atoms with Crippen LogP contribution in [0.25, 0.3) is 10.4 Å². The average molecular weight is 514 g/mol. The van der Waals surface area contributed by atoms with Gasteiger partial charge in [-0.3, -0.25) is 4.98 Å². The minimum atomic E-state index is -4.09. The molecule has 0 bridgehead atoms. The zero-order valence-corrected chi connectivity index (χ0v) is 17.8. The molecule has 160 valence electrons. The summed E-state index contributed by atoms with van der Waals surface area (Å²) in [6, 6.07) is 8.05. The number of alkyl halides is 2. The third-order valence-corrected chi connectivity index (χ3v) is 6.29. The third kappa shape index (κ3) is 3.98. The lowest BCUT2D eigenvalue weighted by Gasteiger charge is -2.35. The molecule has 3 heterocycles. The summed E-state index contributed by atoms with van der Waals surface area (Å²) in [6.07, 6.45) is 2.23. The van der Waals surface area contributed by atoms with Gasteiger partial charge < -0.3 is 5.11 Å². The molecule has 4 rings (SSSR count). The van der Waals surface area contributed by atoms with Crippen molar-refractivity contribution in [3.63, 3.8) is 0 Å². The van der Waals surface area contributed by atoms with Crippen molar-refractivity contribution in [2.45, 2.75) is 18.1 Å². The number of aliphatic hydroxyl groups is 1. The molecule has 0 aliphatic heterocycles. The van der Waals surface area contributed by atoms with Crippen LogP contribution in [-0.2, 0) is 18.1 Å². The van der Waals surface area contributed by atoms with Crippen LogP contribution >= 0.6 is 27.3 Å². The smallest absolute Gasteiger partial charge is 0.323 e. The van der Waals surface area contributed by atoms with Gasteiger partial charge >= 0.3 is 5.92 Å². The number of benzene rings is 1. The Kier molecular flexibility index (Phi) is 5.62. The molecule has 31 heavy (non-hydrogen) atoms. The van der Waals surface area contributed by atoms with Gasteiger partial charge in [0.1, 0.15) is 23.7 Å². The van der Waals surface area contributed by atoms with Gasteiger partial charge in [0.15, 0.2) is 5.60 Å². The monoisotopic (exact) mass is 513 g/mol. The number of aromatic nitrogens is 5. The van der Waals surface area contributed by atoms with Crippen molar-refractivity contribution < 1.29 is 22.7 Å². The summed E-state index contributed by atoms with van der Waals surface area (Å²) < 4.78 is 60.8. The highest BCUT2D eigenvalue weighted by Crippen LogP contribution is 2.47. The lowest BCUT2D eigenvalue weighted by molar-refractivity contribution is -0.207. The van der Waals surface area contributed by atoms with Gasteiger partial charge in [0.2, 0.25) is 0 Å². The van der Waals surface area contributed by atoms with Crippen LogP contribution in [0.1, 0.15) is 11.3 Å². The molecule has 1 atom stereocenters. The molecule has 4 aromatic rings. The molecule has 6 nitrogen and oxygen atoms in total. The number of tetrazole rings is 1. The fraction of sp³-hybridized carbons (Fsp3) is 0.158. The topological polar surface area (TPSA) is 76.7 Å². The number of hydrogen-bond acceptors (Lipinski definition) is 6. The maximum atomic E-state index is 15.6. The van der Waals surface area contributed by atoms with Crippen molar-refractivity contribution in [3.8, 4) is 10.4 Å². The molecular weight excluding hydrogens is 502 g/mol. The van der Waals surface area contributed by atoms with Crippen LogP contribution in [0.3, 0.4) is 0 Å². The first-order chi connectivity index (χ1) is 14.7. The van der Waals surface area contributed by atoms with Gasteiger partial charge in [-0.25, -0.2) is 13.5 Å². The van der Waals surface area contributed by atoms with E-state index in [2.05, 4.69) is 36.4 Å². The van der Waals surface area contributed by atoms with Crippen LogP contribution in [0, 0.1) is 11.6 Å². The first-order valence-electron chi connectivity index (χ1n) is 8.69. The number of pyridine rings is 1. The Morgan fingerprint density at radius 2 is 1.90 bits per heavy atom. The molecule has 1 unspecified atom stereocenters. The van der Waals surface area contributed by atoms with Crippen molar-refractivity contribution in [2.75, 3.05) is 0 Å². The highest BCUT2D eigenvalue weighted by Gasteiger charge is 2.58. The van der Waals surface area contributed by atoms with E-state index in [1.165, 1.54) is 23.6 Å². The van der Waals surface area contributed by atoms with Crippen LogP contribution in [0.5, 0.6) is 0 Å². The highest BCUT2D eigenvalue weighted by molar-refractivity contribution is 9.11. The maximum Gasteiger partial charge on any atom is 0.323 e. The largest absolute Gasteiger partial charge is 0.377 e. The molecular formula is C19H12BrF4N5OS. The van der Waals surface area contributed by atoms with E-state index in [0.29, 0.717) is 11.6 Å². The maximum absolute atomic E-state index is 15.6. The Balaban J connectivity index is 1.79. The van der Waals surface area contributed by atoms with Crippen LogP contribution in [0.2, 0.25) is 0 Å². The molecule has 1 N–H and O–H groups in total. The summed E-state index contributed by atoms with van der Waals surface area (Å²) in [7, 11) is 0. The highest BCUT2D eigenvalue weighted by atomic mass is 79.9. The van der Waals surface area contributed by atoms with E-state index in [4.69, 9.17) is 0 Å². The Bertz CT molecular complexity index is 1200. The predicted octanol–water partition coefficient (Wildman–Crippen LogP) is 4.52. The Hall–Kier alpha value is -2.70. The Morgan fingerprint density at radius 1 is 1.10 bits per heavy atom. The van der Waals surface area contributed by atoms with Gasteiger partial charge in [0, 0.05) is 28.3 Å². The van der Waals surface area contributed by atoms with E-state index in [1.54, 1.807) is 6.07 Å². The fourth-order valence-corrected chi connectivity index (χ4v) is 4.45. The van der Waals surface area contributed by atoms with Crippen molar-refractivity contribution in [1.82, 2.24) is 25.2 Å². The standard InChI is InChI=1S/C19H12BrF4N5OS/c20-17-6-4-15(31-17)11-1-5-16(25-8-11)19(23,24)18(30,9-29-10-26-27-28-29)13-3-2-12(21)7-14(13)22/h1-8,10,30H,9H2. The summed E-state index contributed by atoms with van der Waals surface area (Å²) in [5.41, 5.74) is -4.19. The van der Waals surface area contributed by atoms with E-state index < -0.39 is 41.0 Å². The molecule has 0 radical (unpaired) electrons. The second kappa shape index (κ2) is 8.09. The van der Waals surface area contributed by atoms with Gasteiger partial charge in [-0.05, 0) is 62.8 Å². The molecule has 0 fully saturated rings. The van der Waals surface area contributed by atoms with E-state index >= 15 is 8.78 Å². The zero-order chi connectivity index (χ0) is 22.2. The minimum Gasteiger partial charge on any atom is -0.377 e. The summed E-state index contributed by atoms with van der Waals surface area (Å²) in [5, 5.41) is 21.3. The molecule has 12 heteroatoms. The van der Waals surface area contributed by atoms with Crippen molar-refractivity contribution in [3.05, 3.63) is 81.7 Å². The fourth-order valence-electron chi connectivity index (χ4n) is 3.07. The number of halogens is 5. The third-order valence-electron chi connectivity index (χ3n) is 4.62. The summed E-state index contributed by atoms with van der Waals surface area (Å²) >= 11 is 4.72. The Labute approximate surface area is 185 Å². The van der Waals surface area contributed by atoms with Gasteiger partial charge in [-0.2, -0.15) is 8.78 Å². The van der Waals surface area contributed by atoms with Crippen LogP contribution < -0.4 is 0 Å². The molecule has 0 aliphatic rings. The zero-order valence-electron chi connectivity index (χ0n) is 15.4. The lowest BCUT2D eigenvalue weighted by atomic mass is 9.84. The number of hydrogen-bond donors (Lipinski definition) is 1. The van der Waals surface area contributed by atoms with E-state index in [1.807, 2.05) is 6.07 Å². The average Bonchev–Trinajstić information content (AvgIpc) is 3.39. The van der Waals surface area contributed by atoms with E-state index in [-0.39, 0.29) is 0 Å². The van der Waals surface area contributed by atoms with Crippen LogP contribution in [0.4, 0.5) is 17.6 Å². The number of nitrogens with zero attached hydrogens (tertiary/aromatic N) is 5. The Morgan fingerprint density at radius 3 is 2.48 bits per heavy atom. The summed E-state index contributed by atoms with van der Waals surface area (Å²) in [4.78, 5) is 4.62. The van der Waals surface area contributed by atoms with E-state index in [9.17, 15) is 13.9 Å². The van der Waals surface area contributed by atoms with Crippen molar-refractivity contribution in [1.29, 1.82) is 0 Å². The molecule has 0 saturated carbocycles. The van der Waals surface area contributed by atoms with Gasteiger partial charge in [-0.1, -0.05) is 0 Å². The number of thiophene rings is 1. The van der Waals surface area contributed by atoms with Crippen molar-refractivity contribution >= 4 is 27.3 Å². The second-order valence-electron chi connectivity index (χ2n) is 6.60. The molecule has 0 amide bonds. The minimum absolute atomic E-state index is 0.418. The van der Waals surface area contributed by atoms with Crippen LogP contribution in [0.15, 0.2) is 58.8 Å².